The van der Waals surface area contributed by atoms with Gasteiger partial charge in [-0.15, -0.1) is 0 Å². The lowest BCUT2D eigenvalue weighted by molar-refractivity contribution is -0.124. The zero-order valence-corrected chi connectivity index (χ0v) is 8.55. The summed E-state index contributed by atoms with van der Waals surface area (Å²) in [4.78, 5) is 11.9. The molecule has 0 amide bonds. The Kier molecular flexibility index (Phi) is 2.27. The molecule has 0 aromatic heterocycles. The highest BCUT2D eigenvalue weighted by Crippen LogP contribution is 2.40. The van der Waals surface area contributed by atoms with Gasteiger partial charge in [-0.3, -0.25) is 4.79 Å². The first-order chi connectivity index (χ1) is 6.20. The molecular formula is C12H18O. The number of Topliss-reactive ketones (excluding diaryl/α,β-unsaturated/α-hetero) is 1. The van der Waals surface area contributed by atoms with Gasteiger partial charge >= 0.3 is 0 Å². The zero-order valence-electron chi connectivity index (χ0n) is 8.55. The van der Waals surface area contributed by atoms with E-state index in [2.05, 4.69) is 19.9 Å². The number of carbonyl (C=O) groups excluding carboxylic acids is 1. The van der Waals surface area contributed by atoms with Gasteiger partial charge in [0.25, 0.3) is 0 Å². The molecule has 2 aliphatic carbocycles. The van der Waals surface area contributed by atoms with E-state index in [1.54, 1.807) is 0 Å². The van der Waals surface area contributed by atoms with E-state index in [0.717, 1.165) is 6.42 Å². The molecule has 72 valence electrons. The zero-order chi connectivity index (χ0) is 9.42. The summed E-state index contributed by atoms with van der Waals surface area (Å²) in [5, 5.41) is 0. The Labute approximate surface area is 80.2 Å². The van der Waals surface area contributed by atoms with Crippen LogP contribution in [-0.2, 0) is 4.79 Å². The fourth-order valence-corrected chi connectivity index (χ4v) is 2.63. The van der Waals surface area contributed by atoms with Gasteiger partial charge in [0.05, 0.1) is 0 Å². The molecule has 0 N–H and O–H groups in total. The molecule has 1 fully saturated rings. The topological polar surface area (TPSA) is 17.1 Å². The highest BCUT2D eigenvalue weighted by atomic mass is 16.1. The molecule has 1 heteroatoms. The van der Waals surface area contributed by atoms with Gasteiger partial charge in [0.1, 0.15) is 5.78 Å². The fraction of sp³-hybridized carbons (Fsp3) is 0.750. The van der Waals surface area contributed by atoms with E-state index >= 15 is 0 Å². The average Bonchev–Trinajstić information content (AvgIpc) is 2.45. The first kappa shape index (κ1) is 8.98. The van der Waals surface area contributed by atoms with E-state index in [9.17, 15) is 4.79 Å². The smallest absolute Gasteiger partial charge is 0.147 e. The minimum Gasteiger partial charge on any atom is -0.298 e. The van der Waals surface area contributed by atoms with E-state index in [1.807, 2.05) is 0 Å². The van der Waals surface area contributed by atoms with Crippen molar-refractivity contribution in [2.75, 3.05) is 0 Å². The van der Waals surface area contributed by atoms with E-state index in [0.29, 0.717) is 17.6 Å². The van der Waals surface area contributed by atoms with Gasteiger partial charge in [-0.05, 0) is 25.2 Å². The number of allylic oxidation sites excluding steroid dienone is 2. The van der Waals surface area contributed by atoms with Crippen molar-refractivity contribution in [2.45, 2.75) is 39.5 Å². The third kappa shape index (κ3) is 1.45. The molecule has 2 atom stereocenters. The first-order valence-electron chi connectivity index (χ1n) is 5.44. The highest BCUT2D eigenvalue weighted by molar-refractivity contribution is 5.91. The second-order valence-electron chi connectivity index (χ2n) is 4.71. The van der Waals surface area contributed by atoms with Crippen LogP contribution < -0.4 is 0 Å². The molecule has 0 spiro atoms. The SMILES string of the molecule is CC(C)C1C=C2CCCCC2C1=O. The van der Waals surface area contributed by atoms with Gasteiger partial charge in [0.15, 0.2) is 0 Å². The maximum atomic E-state index is 11.9. The van der Waals surface area contributed by atoms with Crippen LogP contribution in [0.5, 0.6) is 0 Å². The van der Waals surface area contributed by atoms with E-state index in [1.165, 1.54) is 24.8 Å². The lowest BCUT2D eigenvalue weighted by Gasteiger charge is -2.19. The minimum atomic E-state index is 0.234. The molecule has 0 aromatic rings. The van der Waals surface area contributed by atoms with E-state index < -0.39 is 0 Å². The van der Waals surface area contributed by atoms with Crippen molar-refractivity contribution < 1.29 is 4.79 Å². The lowest BCUT2D eigenvalue weighted by Crippen LogP contribution is -2.21. The summed E-state index contributed by atoms with van der Waals surface area (Å²) < 4.78 is 0. The molecule has 0 bridgehead atoms. The van der Waals surface area contributed by atoms with Gasteiger partial charge in [0, 0.05) is 11.8 Å². The minimum absolute atomic E-state index is 0.234. The molecule has 0 saturated heterocycles. The second-order valence-corrected chi connectivity index (χ2v) is 4.71. The van der Waals surface area contributed by atoms with Crippen LogP contribution in [0.15, 0.2) is 11.6 Å². The molecular weight excluding hydrogens is 160 g/mol. The third-order valence-corrected chi connectivity index (χ3v) is 3.44. The average molecular weight is 178 g/mol. The van der Waals surface area contributed by atoms with Crippen molar-refractivity contribution >= 4 is 5.78 Å². The van der Waals surface area contributed by atoms with Crippen molar-refractivity contribution in [3.8, 4) is 0 Å². The summed E-state index contributed by atoms with van der Waals surface area (Å²) in [5.74, 6) is 1.55. The normalized spacial score (nSPS) is 33.5. The highest BCUT2D eigenvalue weighted by Gasteiger charge is 2.37. The van der Waals surface area contributed by atoms with Gasteiger partial charge in [-0.25, -0.2) is 0 Å². The Hall–Kier alpha value is -0.590. The van der Waals surface area contributed by atoms with Crippen LogP contribution in [0.1, 0.15) is 39.5 Å². The van der Waals surface area contributed by atoms with Crippen molar-refractivity contribution in [1.29, 1.82) is 0 Å². The van der Waals surface area contributed by atoms with Crippen molar-refractivity contribution in [3.05, 3.63) is 11.6 Å². The number of fused-ring (bicyclic) bond motifs is 1. The number of hydrogen-bond acceptors (Lipinski definition) is 1. The molecule has 0 aliphatic heterocycles. The maximum absolute atomic E-state index is 11.9. The largest absolute Gasteiger partial charge is 0.298 e. The van der Waals surface area contributed by atoms with Crippen molar-refractivity contribution in [1.82, 2.24) is 0 Å². The number of rotatable bonds is 1. The molecule has 2 aliphatic rings. The molecule has 2 unspecified atom stereocenters. The number of hydrogen-bond donors (Lipinski definition) is 0. The quantitative estimate of drug-likeness (QED) is 0.564. The predicted molar refractivity (Wildman–Crippen MR) is 53.4 cm³/mol. The van der Waals surface area contributed by atoms with Gasteiger partial charge in [-0.2, -0.15) is 0 Å². The molecule has 1 nitrogen and oxygen atoms in total. The second kappa shape index (κ2) is 3.28. The van der Waals surface area contributed by atoms with Crippen LogP contribution >= 0.6 is 0 Å². The molecule has 0 heterocycles. The summed E-state index contributed by atoms with van der Waals surface area (Å²) in [6.07, 6.45) is 7.10. The first-order valence-corrected chi connectivity index (χ1v) is 5.44. The van der Waals surface area contributed by atoms with Crippen molar-refractivity contribution in [3.63, 3.8) is 0 Å². The molecule has 1 saturated carbocycles. The van der Waals surface area contributed by atoms with Crippen LogP contribution in [0, 0.1) is 17.8 Å². The molecule has 13 heavy (non-hydrogen) atoms. The number of carbonyl (C=O) groups is 1. The summed E-state index contributed by atoms with van der Waals surface area (Å²) in [6.45, 7) is 4.30. The predicted octanol–water partition coefficient (Wildman–Crippen LogP) is 2.96. The van der Waals surface area contributed by atoms with Crippen LogP contribution in [0.3, 0.4) is 0 Å². The Balaban J connectivity index is 2.19. The third-order valence-electron chi connectivity index (χ3n) is 3.44. The van der Waals surface area contributed by atoms with E-state index in [-0.39, 0.29) is 5.92 Å². The Bertz CT molecular complexity index is 250. The summed E-state index contributed by atoms with van der Waals surface area (Å²) in [5.41, 5.74) is 1.45. The van der Waals surface area contributed by atoms with Gasteiger partial charge < -0.3 is 0 Å². The van der Waals surface area contributed by atoms with Crippen LogP contribution in [-0.4, -0.2) is 5.78 Å². The summed E-state index contributed by atoms with van der Waals surface area (Å²) in [7, 11) is 0. The Morgan fingerprint density at radius 3 is 2.77 bits per heavy atom. The van der Waals surface area contributed by atoms with Crippen LogP contribution in [0.25, 0.3) is 0 Å². The lowest BCUT2D eigenvalue weighted by atomic mass is 9.84. The van der Waals surface area contributed by atoms with E-state index in [4.69, 9.17) is 0 Å². The van der Waals surface area contributed by atoms with Gasteiger partial charge in [-0.1, -0.05) is 31.9 Å². The maximum Gasteiger partial charge on any atom is 0.147 e. The molecule has 0 radical (unpaired) electrons. The molecule has 2 rings (SSSR count). The standard InChI is InChI=1S/C12H18O/c1-8(2)11-7-9-5-3-4-6-10(9)12(11)13/h7-8,10-11H,3-6H2,1-2H3. The Morgan fingerprint density at radius 1 is 1.38 bits per heavy atom. The number of ketones is 1. The summed E-state index contributed by atoms with van der Waals surface area (Å²) in [6, 6.07) is 0. The van der Waals surface area contributed by atoms with Gasteiger partial charge in [0.2, 0.25) is 0 Å². The molecule has 0 aromatic carbocycles. The summed E-state index contributed by atoms with van der Waals surface area (Å²) >= 11 is 0. The van der Waals surface area contributed by atoms with Crippen LogP contribution in [0.2, 0.25) is 0 Å². The Morgan fingerprint density at radius 2 is 2.15 bits per heavy atom. The van der Waals surface area contributed by atoms with Crippen LogP contribution in [0.4, 0.5) is 0 Å². The monoisotopic (exact) mass is 178 g/mol. The fourth-order valence-electron chi connectivity index (χ4n) is 2.63. The van der Waals surface area contributed by atoms with Crippen molar-refractivity contribution in [2.24, 2.45) is 17.8 Å².